The molecule has 0 radical (unpaired) electrons. The highest BCUT2D eigenvalue weighted by Gasteiger charge is 2.17. The predicted molar refractivity (Wildman–Crippen MR) is 85.0 cm³/mol. The summed E-state index contributed by atoms with van der Waals surface area (Å²) in [6.45, 7) is 4.05. The molecule has 2 aromatic rings. The molecule has 0 spiro atoms. The van der Waals surface area contributed by atoms with Gasteiger partial charge in [-0.15, -0.1) is 11.3 Å². The topological polar surface area (TPSA) is 55.1 Å². The van der Waals surface area contributed by atoms with Crippen molar-refractivity contribution >= 4 is 22.9 Å². The third kappa shape index (κ3) is 3.39. The Morgan fingerprint density at radius 1 is 1.40 bits per heavy atom. The zero-order chi connectivity index (χ0) is 14.5. The van der Waals surface area contributed by atoms with E-state index < -0.39 is 0 Å². The fourth-order valence-corrected chi connectivity index (χ4v) is 3.00. The number of aryl methyl sites for hydroxylation is 1. The van der Waals surface area contributed by atoms with E-state index in [1.807, 2.05) is 30.5 Å². The number of hydrogen-bond acceptors (Lipinski definition) is 3. The second-order valence-electron chi connectivity index (χ2n) is 4.90. The molecule has 1 atom stereocenters. The summed E-state index contributed by atoms with van der Waals surface area (Å²) in [6.07, 6.45) is 1.96. The number of anilines is 1. The van der Waals surface area contributed by atoms with Gasteiger partial charge in [0, 0.05) is 16.1 Å². The van der Waals surface area contributed by atoms with Gasteiger partial charge < -0.3 is 11.1 Å². The largest absolute Gasteiger partial charge is 0.399 e. The number of nitrogens with one attached hydrogen (secondary N) is 1. The van der Waals surface area contributed by atoms with Crippen molar-refractivity contribution in [3.8, 4) is 0 Å². The molecule has 0 bridgehead atoms. The van der Waals surface area contributed by atoms with Crippen LogP contribution in [-0.2, 0) is 0 Å². The molecule has 0 saturated heterocycles. The summed E-state index contributed by atoms with van der Waals surface area (Å²) >= 11 is 1.68. The van der Waals surface area contributed by atoms with Crippen LogP contribution in [0, 0.1) is 6.92 Å². The molecule has 3 N–H and O–H groups in total. The fraction of sp³-hybridized carbons (Fsp3) is 0.312. The van der Waals surface area contributed by atoms with E-state index in [-0.39, 0.29) is 11.9 Å². The summed E-state index contributed by atoms with van der Waals surface area (Å²) in [7, 11) is 0. The zero-order valence-corrected chi connectivity index (χ0v) is 12.7. The first-order chi connectivity index (χ1) is 9.61. The van der Waals surface area contributed by atoms with Crippen molar-refractivity contribution in [2.75, 3.05) is 5.73 Å². The molecule has 0 fully saturated rings. The number of nitrogens with two attached hydrogens (primary N) is 1. The molecule has 3 nitrogen and oxygen atoms in total. The molecule has 0 saturated carbocycles. The zero-order valence-electron chi connectivity index (χ0n) is 11.8. The average molecular weight is 288 g/mol. The van der Waals surface area contributed by atoms with Crippen LogP contribution < -0.4 is 11.1 Å². The van der Waals surface area contributed by atoms with Gasteiger partial charge >= 0.3 is 0 Å². The molecule has 106 valence electrons. The minimum atomic E-state index is -0.0540. The Hall–Kier alpha value is -1.81. The highest BCUT2D eigenvalue weighted by atomic mass is 32.1. The standard InChI is InChI=1S/C16H20N2OS/c1-3-5-14(15-6-4-9-20-15)18-16(19)13-10-12(17)8-7-11(13)2/h4,6-10,14H,3,5,17H2,1-2H3,(H,18,19). The molecule has 1 aromatic heterocycles. The SMILES string of the molecule is CCCC(NC(=O)c1cc(N)ccc1C)c1cccs1. The molecule has 1 aromatic carbocycles. The molecule has 0 aliphatic carbocycles. The second-order valence-corrected chi connectivity index (χ2v) is 5.88. The first-order valence-electron chi connectivity index (χ1n) is 6.82. The Morgan fingerprint density at radius 2 is 2.20 bits per heavy atom. The number of benzene rings is 1. The maximum atomic E-state index is 12.4. The normalized spacial score (nSPS) is 12.1. The smallest absolute Gasteiger partial charge is 0.252 e. The molecule has 0 aliphatic heterocycles. The molecular formula is C16H20N2OS. The van der Waals surface area contributed by atoms with Crippen molar-refractivity contribution in [2.24, 2.45) is 0 Å². The van der Waals surface area contributed by atoms with Gasteiger partial charge in [-0.3, -0.25) is 4.79 Å². The lowest BCUT2D eigenvalue weighted by molar-refractivity contribution is 0.0934. The van der Waals surface area contributed by atoms with Crippen LogP contribution in [0.1, 0.15) is 46.6 Å². The lowest BCUT2D eigenvalue weighted by atomic mass is 10.1. The number of nitrogen functional groups attached to an aromatic ring is 1. The Labute approximate surface area is 123 Å². The Bertz CT molecular complexity index is 578. The van der Waals surface area contributed by atoms with Crippen LogP contribution in [-0.4, -0.2) is 5.91 Å². The molecule has 2 rings (SSSR count). The Balaban J connectivity index is 2.18. The summed E-state index contributed by atoms with van der Waals surface area (Å²) < 4.78 is 0. The lowest BCUT2D eigenvalue weighted by Gasteiger charge is -2.17. The van der Waals surface area contributed by atoms with E-state index >= 15 is 0 Å². The Kier molecular flexibility index (Phi) is 4.79. The van der Waals surface area contributed by atoms with E-state index in [4.69, 9.17) is 5.73 Å². The van der Waals surface area contributed by atoms with Crippen LogP contribution >= 0.6 is 11.3 Å². The summed E-state index contributed by atoms with van der Waals surface area (Å²) in [5.41, 5.74) is 7.98. The minimum Gasteiger partial charge on any atom is -0.399 e. The van der Waals surface area contributed by atoms with Crippen molar-refractivity contribution < 1.29 is 4.79 Å². The number of carbonyl (C=O) groups is 1. The quantitative estimate of drug-likeness (QED) is 0.820. The van der Waals surface area contributed by atoms with Gasteiger partial charge in [0.1, 0.15) is 0 Å². The molecule has 0 aliphatic rings. The molecule has 4 heteroatoms. The van der Waals surface area contributed by atoms with Gasteiger partial charge in [-0.2, -0.15) is 0 Å². The van der Waals surface area contributed by atoms with Crippen LogP contribution in [0.2, 0.25) is 0 Å². The van der Waals surface area contributed by atoms with Crippen molar-refractivity contribution in [1.29, 1.82) is 0 Å². The highest BCUT2D eigenvalue weighted by molar-refractivity contribution is 7.10. The highest BCUT2D eigenvalue weighted by Crippen LogP contribution is 2.24. The van der Waals surface area contributed by atoms with E-state index in [0.29, 0.717) is 11.3 Å². The van der Waals surface area contributed by atoms with Gasteiger partial charge in [0.25, 0.3) is 5.91 Å². The summed E-state index contributed by atoms with van der Waals surface area (Å²) in [6, 6.07) is 9.59. The van der Waals surface area contributed by atoms with Gasteiger partial charge in [0.15, 0.2) is 0 Å². The van der Waals surface area contributed by atoms with Crippen LogP contribution in [0.5, 0.6) is 0 Å². The van der Waals surface area contributed by atoms with Crippen molar-refractivity contribution in [2.45, 2.75) is 32.7 Å². The lowest BCUT2D eigenvalue weighted by Crippen LogP contribution is -2.28. The van der Waals surface area contributed by atoms with Gasteiger partial charge in [-0.25, -0.2) is 0 Å². The van der Waals surface area contributed by atoms with Gasteiger partial charge in [0.05, 0.1) is 6.04 Å². The summed E-state index contributed by atoms with van der Waals surface area (Å²) in [5, 5.41) is 5.16. The van der Waals surface area contributed by atoms with Crippen LogP contribution in [0.15, 0.2) is 35.7 Å². The minimum absolute atomic E-state index is 0.0540. The van der Waals surface area contributed by atoms with Crippen molar-refractivity contribution in [1.82, 2.24) is 5.32 Å². The number of amides is 1. The summed E-state index contributed by atoms with van der Waals surface area (Å²) in [5.74, 6) is -0.0540. The van der Waals surface area contributed by atoms with Gasteiger partial charge in [-0.05, 0) is 42.5 Å². The molecule has 1 amide bonds. The maximum absolute atomic E-state index is 12.4. The van der Waals surface area contributed by atoms with E-state index in [1.54, 1.807) is 17.4 Å². The van der Waals surface area contributed by atoms with Crippen LogP contribution in [0.3, 0.4) is 0 Å². The van der Waals surface area contributed by atoms with Crippen LogP contribution in [0.4, 0.5) is 5.69 Å². The van der Waals surface area contributed by atoms with E-state index in [9.17, 15) is 4.79 Å². The summed E-state index contributed by atoms with van der Waals surface area (Å²) in [4.78, 5) is 13.6. The first kappa shape index (κ1) is 14.6. The molecular weight excluding hydrogens is 268 g/mol. The predicted octanol–water partition coefficient (Wildman–Crippen LogP) is 3.91. The number of hydrogen-bond donors (Lipinski definition) is 2. The Morgan fingerprint density at radius 3 is 2.85 bits per heavy atom. The van der Waals surface area contributed by atoms with E-state index in [1.165, 1.54) is 4.88 Å². The number of thiophene rings is 1. The van der Waals surface area contributed by atoms with Crippen molar-refractivity contribution in [3.63, 3.8) is 0 Å². The van der Waals surface area contributed by atoms with E-state index in [0.717, 1.165) is 18.4 Å². The number of rotatable bonds is 5. The maximum Gasteiger partial charge on any atom is 0.252 e. The first-order valence-corrected chi connectivity index (χ1v) is 7.70. The molecule has 1 unspecified atom stereocenters. The number of carbonyl (C=O) groups excluding carboxylic acids is 1. The van der Waals surface area contributed by atoms with Crippen molar-refractivity contribution in [3.05, 3.63) is 51.7 Å². The average Bonchev–Trinajstić information content (AvgIpc) is 2.95. The third-order valence-electron chi connectivity index (χ3n) is 3.28. The molecule has 1 heterocycles. The monoisotopic (exact) mass is 288 g/mol. The third-order valence-corrected chi connectivity index (χ3v) is 4.26. The van der Waals surface area contributed by atoms with Gasteiger partial charge in [0.2, 0.25) is 0 Å². The van der Waals surface area contributed by atoms with E-state index in [2.05, 4.69) is 18.3 Å². The fourth-order valence-electron chi connectivity index (χ4n) is 2.18. The second kappa shape index (κ2) is 6.57. The van der Waals surface area contributed by atoms with Gasteiger partial charge in [-0.1, -0.05) is 25.5 Å². The van der Waals surface area contributed by atoms with Crippen LogP contribution in [0.25, 0.3) is 0 Å². The molecule has 20 heavy (non-hydrogen) atoms.